The Balaban J connectivity index is 2.45. The van der Waals surface area contributed by atoms with Gasteiger partial charge in [-0.2, -0.15) is 5.26 Å². The van der Waals surface area contributed by atoms with Gasteiger partial charge in [0.15, 0.2) is 0 Å². The monoisotopic (exact) mass is 272 g/mol. The molecule has 0 aliphatic carbocycles. The number of halogens is 1. The van der Waals surface area contributed by atoms with Gasteiger partial charge in [0.05, 0.1) is 5.02 Å². The summed E-state index contributed by atoms with van der Waals surface area (Å²) in [6.07, 6.45) is 0. The minimum absolute atomic E-state index is 0.332. The SMILES string of the molecule is Cc1cc(Oc2cccc(Cl)c2C#N)c(C)cc1N. The third-order valence-corrected chi connectivity index (χ3v) is 3.19. The first-order chi connectivity index (χ1) is 9.02. The van der Waals surface area contributed by atoms with Crippen LogP contribution in [0.1, 0.15) is 16.7 Å². The average molecular weight is 273 g/mol. The molecular formula is C15H13ClN2O. The van der Waals surface area contributed by atoms with Crippen LogP contribution in [-0.2, 0) is 0 Å². The van der Waals surface area contributed by atoms with Gasteiger partial charge in [-0.15, -0.1) is 0 Å². The zero-order valence-electron chi connectivity index (χ0n) is 10.7. The minimum Gasteiger partial charge on any atom is -0.456 e. The number of nitriles is 1. The molecule has 2 rings (SSSR count). The van der Waals surface area contributed by atoms with Crippen LogP contribution in [0.25, 0.3) is 0 Å². The molecule has 96 valence electrons. The highest BCUT2D eigenvalue weighted by atomic mass is 35.5. The molecular weight excluding hydrogens is 260 g/mol. The molecule has 4 heteroatoms. The molecule has 0 unspecified atom stereocenters. The van der Waals surface area contributed by atoms with Gasteiger partial charge in [0.2, 0.25) is 0 Å². The Kier molecular flexibility index (Phi) is 3.64. The average Bonchev–Trinajstić information content (AvgIpc) is 2.36. The fourth-order valence-electron chi connectivity index (χ4n) is 1.74. The van der Waals surface area contributed by atoms with Crippen molar-refractivity contribution in [2.24, 2.45) is 0 Å². The summed E-state index contributed by atoms with van der Waals surface area (Å²) in [6.45, 7) is 3.81. The van der Waals surface area contributed by atoms with E-state index in [1.807, 2.05) is 32.0 Å². The Bertz CT molecular complexity index is 675. The Hall–Kier alpha value is -2.18. The molecule has 0 aliphatic heterocycles. The van der Waals surface area contributed by atoms with Gasteiger partial charge in [-0.1, -0.05) is 17.7 Å². The summed E-state index contributed by atoms with van der Waals surface area (Å²) in [6, 6.07) is 10.9. The summed E-state index contributed by atoms with van der Waals surface area (Å²) in [4.78, 5) is 0. The maximum absolute atomic E-state index is 9.11. The van der Waals surface area contributed by atoms with E-state index in [0.29, 0.717) is 22.1 Å². The van der Waals surface area contributed by atoms with Crippen LogP contribution in [0.3, 0.4) is 0 Å². The fraction of sp³-hybridized carbons (Fsp3) is 0.133. The lowest BCUT2D eigenvalue weighted by Gasteiger charge is -2.12. The number of aryl methyl sites for hydroxylation is 2. The van der Waals surface area contributed by atoms with E-state index >= 15 is 0 Å². The predicted molar refractivity (Wildman–Crippen MR) is 76.6 cm³/mol. The molecule has 0 atom stereocenters. The first kappa shape index (κ1) is 13.3. The molecule has 0 saturated carbocycles. The Morgan fingerprint density at radius 2 is 1.89 bits per heavy atom. The molecule has 2 N–H and O–H groups in total. The van der Waals surface area contributed by atoms with E-state index in [0.717, 1.165) is 16.8 Å². The second-order valence-corrected chi connectivity index (χ2v) is 4.71. The van der Waals surface area contributed by atoms with Crippen LogP contribution in [0.2, 0.25) is 5.02 Å². The van der Waals surface area contributed by atoms with Crippen LogP contribution in [0.5, 0.6) is 11.5 Å². The number of anilines is 1. The molecule has 0 amide bonds. The highest BCUT2D eigenvalue weighted by Gasteiger charge is 2.10. The van der Waals surface area contributed by atoms with E-state index < -0.39 is 0 Å². The predicted octanol–water partition coefficient (Wildman–Crippen LogP) is 4.20. The van der Waals surface area contributed by atoms with Gasteiger partial charge in [-0.3, -0.25) is 0 Å². The summed E-state index contributed by atoms with van der Waals surface area (Å²) in [5.74, 6) is 1.12. The Labute approximate surface area is 117 Å². The van der Waals surface area contributed by atoms with Crippen molar-refractivity contribution in [2.75, 3.05) is 5.73 Å². The van der Waals surface area contributed by atoms with E-state index in [9.17, 15) is 0 Å². The number of rotatable bonds is 2. The van der Waals surface area contributed by atoms with Gasteiger partial charge in [0.1, 0.15) is 23.1 Å². The lowest BCUT2D eigenvalue weighted by molar-refractivity contribution is 0.477. The van der Waals surface area contributed by atoms with Crippen LogP contribution in [0, 0.1) is 25.2 Å². The second-order valence-electron chi connectivity index (χ2n) is 4.30. The first-order valence-corrected chi connectivity index (χ1v) is 6.14. The summed E-state index contributed by atoms with van der Waals surface area (Å²) in [5.41, 5.74) is 8.73. The van der Waals surface area contributed by atoms with Crippen LogP contribution >= 0.6 is 11.6 Å². The van der Waals surface area contributed by atoms with Gasteiger partial charge >= 0.3 is 0 Å². The van der Waals surface area contributed by atoms with Gasteiger partial charge in [-0.25, -0.2) is 0 Å². The van der Waals surface area contributed by atoms with Crippen LogP contribution in [-0.4, -0.2) is 0 Å². The van der Waals surface area contributed by atoms with Crippen molar-refractivity contribution in [3.05, 3.63) is 52.0 Å². The normalized spacial score (nSPS) is 10.0. The Morgan fingerprint density at radius 1 is 1.16 bits per heavy atom. The molecule has 3 nitrogen and oxygen atoms in total. The largest absolute Gasteiger partial charge is 0.456 e. The maximum Gasteiger partial charge on any atom is 0.146 e. The number of nitrogens with two attached hydrogens (primary N) is 1. The van der Waals surface area contributed by atoms with Crippen molar-refractivity contribution >= 4 is 17.3 Å². The third-order valence-electron chi connectivity index (χ3n) is 2.87. The smallest absolute Gasteiger partial charge is 0.146 e. The van der Waals surface area contributed by atoms with Crippen molar-refractivity contribution in [3.63, 3.8) is 0 Å². The summed E-state index contributed by atoms with van der Waals surface area (Å²) in [7, 11) is 0. The zero-order chi connectivity index (χ0) is 14.0. The van der Waals surface area contributed by atoms with E-state index in [2.05, 4.69) is 0 Å². The highest BCUT2D eigenvalue weighted by molar-refractivity contribution is 6.31. The molecule has 0 spiro atoms. The molecule has 2 aromatic rings. The number of nitrogen functional groups attached to an aromatic ring is 1. The van der Waals surface area contributed by atoms with Crippen molar-refractivity contribution in [1.29, 1.82) is 5.26 Å². The lowest BCUT2D eigenvalue weighted by atomic mass is 10.1. The third kappa shape index (κ3) is 2.64. The van der Waals surface area contributed by atoms with Crippen LogP contribution in [0.4, 0.5) is 5.69 Å². The van der Waals surface area contributed by atoms with Gasteiger partial charge in [0.25, 0.3) is 0 Å². The second kappa shape index (κ2) is 5.21. The quantitative estimate of drug-likeness (QED) is 0.834. The van der Waals surface area contributed by atoms with Crippen molar-refractivity contribution in [3.8, 4) is 17.6 Å². The topological polar surface area (TPSA) is 59.0 Å². The van der Waals surface area contributed by atoms with Gasteiger partial charge in [-0.05, 0) is 49.2 Å². The molecule has 2 aromatic carbocycles. The van der Waals surface area contributed by atoms with Crippen molar-refractivity contribution in [2.45, 2.75) is 13.8 Å². The van der Waals surface area contributed by atoms with Gasteiger partial charge in [0, 0.05) is 5.69 Å². The fourth-order valence-corrected chi connectivity index (χ4v) is 1.95. The van der Waals surface area contributed by atoms with E-state index in [-0.39, 0.29) is 0 Å². The highest BCUT2D eigenvalue weighted by Crippen LogP contribution is 2.33. The summed E-state index contributed by atoms with van der Waals surface area (Å²) >= 11 is 5.97. The maximum atomic E-state index is 9.11. The zero-order valence-corrected chi connectivity index (χ0v) is 11.5. The van der Waals surface area contributed by atoms with Crippen LogP contribution < -0.4 is 10.5 Å². The van der Waals surface area contributed by atoms with Crippen molar-refractivity contribution < 1.29 is 4.74 Å². The van der Waals surface area contributed by atoms with Crippen LogP contribution in [0.15, 0.2) is 30.3 Å². The molecule has 0 fully saturated rings. The molecule has 0 heterocycles. The van der Waals surface area contributed by atoms with E-state index in [1.54, 1.807) is 18.2 Å². The summed E-state index contributed by atoms with van der Waals surface area (Å²) < 4.78 is 5.79. The van der Waals surface area contributed by atoms with E-state index in [4.69, 9.17) is 27.3 Å². The lowest BCUT2D eigenvalue weighted by Crippen LogP contribution is -1.95. The molecule has 0 radical (unpaired) electrons. The Morgan fingerprint density at radius 3 is 2.58 bits per heavy atom. The summed E-state index contributed by atoms with van der Waals surface area (Å²) in [5, 5.41) is 9.49. The molecule has 0 bridgehead atoms. The van der Waals surface area contributed by atoms with Gasteiger partial charge < -0.3 is 10.5 Å². The number of ether oxygens (including phenoxy) is 1. The molecule has 0 saturated heterocycles. The number of hydrogen-bond acceptors (Lipinski definition) is 3. The number of benzene rings is 2. The van der Waals surface area contributed by atoms with Crippen molar-refractivity contribution in [1.82, 2.24) is 0 Å². The molecule has 0 aromatic heterocycles. The number of hydrogen-bond donors (Lipinski definition) is 1. The minimum atomic E-state index is 0.332. The standard InChI is InChI=1S/C15H13ClN2O/c1-9-7-15(10(2)6-13(9)18)19-14-5-3-4-12(16)11(14)8-17/h3-7H,18H2,1-2H3. The first-order valence-electron chi connectivity index (χ1n) is 5.76. The molecule has 19 heavy (non-hydrogen) atoms. The number of nitrogens with zero attached hydrogens (tertiary/aromatic N) is 1. The van der Waals surface area contributed by atoms with E-state index in [1.165, 1.54) is 0 Å². The molecule has 0 aliphatic rings.